The summed E-state index contributed by atoms with van der Waals surface area (Å²) in [6.07, 6.45) is 5.32. The number of carbonyl (C=O) groups is 2. The van der Waals surface area contributed by atoms with Crippen molar-refractivity contribution in [1.82, 2.24) is 5.32 Å². The van der Waals surface area contributed by atoms with Gasteiger partial charge in [-0.25, -0.2) is 0 Å². The van der Waals surface area contributed by atoms with Crippen molar-refractivity contribution >= 4 is 29.3 Å². The predicted octanol–water partition coefficient (Wildman–Crippen LogP) is 2.57. The number of fused-ring (bicyclic) bond motifs is 1. The van der Waals surface area contributed by atoms with Crippen molar-refractivity contribution < 1.29 is 9.59 Å². The van der Waals surface area contributed by atoms with E-state index in [4.69, 9.17) is 6.42 Å². The van der Waals surface area contributed by atoms with Gasteiger partial charge < -0.3 is 10.6 Å². The number of thioether (sulfide) groups is 1. The molecule has 0 saturated carbocycles. The van der Waals surface area contributed by atoms with Crippen LogP contribution in [-0.4, -0.2) is 17.6 Å². The zero-order valence-corrected chi connectivity index (χ0v) is 13.0. The van der Waals surface area contributed by atoms with E-state index in [-0.39, 0.29) is 6.04 Å². The Balaban J connectivity index is 1.65. The minimum absolute atomic E-state index is 0.147. The first-order chi connectivity index (χ1) is 11.2. The fourth-order valence-corrected chi connectivity index (χ4v) is 3.54. The van der Waals surface area contributed by atoms with Crippen LogP contribution in [0.1, 0.15) is 17.2 Å². The first-order valence-corrected chi connectivity index (χ1v) is 8.06. The molecule has 1 aliphatic rings. The average Bonchev–Trinajstić information content (AvgIpc) is 2.98. The summed E-state index contributed by atoms with van der Waals surface area (Å²) in [5, 5.41) is 5.33. The van der Waals surface area contributed by atoms with Crippen LogP contribution in [0.3, 0.4) is 0 Å². The quantitative estimate of drug-likeness (QED) is 0.660. The average molecular weight is 322 g/mol. The monoisotopic (exact) mass is 322 g/mol. The summed E-state index contributed by atoms with van der Waals surface area (Å²) in [6, 6.07) is 14.5. The molecule has 2 aromatic carbocycles. The molecule has 1 heterocycles. The summed E-state index contributed by atoms with van der Waals surface area (Å²) < 4.78 is 0. The molecule has 2 aromatic rings. The minimum Gasteiger partial charge on any atom is -0.340 e. The van der Waals surface area contributed by atoms with Gasteiger partial charge in [-0.05, 0) is 29.8 Å². The number of terminal acetylenes is 1. The molecular weight excluding hydrogens is 308 g/mol. The van der Waals surface area contributed by atoms with Crippen LogP contribution >= 0.6 is 11.8 Å². The van der Waals surface area contributed by atoms with E-state index in [0.29, 0.717) is 11.3 Å². The van der Waals surface area contributed by atoms with Crippen LogP contribution in [0.25, 0.3) is 0 Å². The van der Waals surface area contributed by atoms with Crippen molar-refractivity contribution in [2.45, 2.75) is 10.9 Å². The zero-order chi connectivity index (χ0) is 16.2. The maximum Gasteiger partial charge on any atom is 0.313 e. The lowest BCUT2D eigenvalue weighted by molar-refractivity contribution is -0.136. The maximum absolute atomic E-state index is 12.1. The summed E-state index contributed by atoms with van der Waals surface area (Å²) in [5.41, 5.74) is 2.19. The van der Waals surface area contributed by atoms with Gasteiger partial charge in [0.05, 0.1) is 6.04 Å². The number of hydrogen-bond donors (Lipinski definition) is 2. The molecular formula is C18H14N2O2S. The molecule has 0 fully saturated rings. The van der Waals surface area contributed by atoms with Gasteiger partial charge in [-0.1, -0.05) is 30.2 Å². The highest BCUT2D eigenvalue weighted by atomic mass is 32.2. The molecule has 2 amide bonds. The van der Waals surface area contributed by atoms with Gasteiger partial charge in [-0.2, -0.15) is 0 Å². The van der Waals surface area contributed by atoms with Crippen LogP contribution in [0.4, 0.5) is 5.69 Å². The van der Waals surface area contributed by atoms with E-state index in [1.54, 1.807) is 36.0 Å². The molecule has 1 aliphatic heterocycles. The van der Waals surface area contributed by atoms with E-state index in [2.05, 4.69) is 16.6 Å². The number of amides is 2. The van der Waals surface area contributed by atoms with Crippen molar-refractivity contribution in [3.8, 4) is 12.3 Å². The van der Waals surface area contributed by atoms with Gasteiger partial charge in [-0.15, -0.1) is 18.2 Å². The maximum atomic E-state index is 12.1. The number of benzene rings is 2. The molecule has 0 spiro atoms. The van der Waals surface area contributed by atoms with Gasteiger partial charge in [0.1, 0.15) is 0 Å². The minimum atomic E-state index is -0.700. The van der Waals surface area contributed by atoms with Crippen LogP contribution < -0.4 is 10.6 Å². The van der Waals surface area contributed by atoms with Crippen LogP contribution in [0.5, 0.6) is 0 Å². The van der Waals surface area contributed by atoms with Gasteiger partial charge in [0, 0.05) is 21.9 Å². The standard InChI is InChI=1S/C18H14N2O2S/c1-2-12-6-5-7-13(10-12)19-17(21)18(22)20-15-11-23-16-9-4-3-8-14(15)16/h1,3-10,15H,11H2,(H,19,21)(H,20,22)/t15-/m1/s1. The number of anilines is 1. The van der Waals surface area contributed by atoms with E-state index < -0.39 is 11.8 Å². The summed E-state index contributed by atoms with van der Waals surface area (Å²) in [5.74, 6) is 1.86. The van der Waals surface area contributed by atoms with Gasteiger partial charge >= 0.3 is 11.8 Å². The van der Waals surface area contributed by atoms with Crippen LogP contribution in [-0.2, 0) is 9.59 Å². The van der Waals surface area contributed by atoms with Gasteiger partial charge in [0.2, 0.25) is 0 Å². The molecule has 1 atom stereocenters. The Labute approximate surface area is 138 Å². The summed E-state index contributed by atoms with van der Waals surface area (Å²) in [4.78, 5) is 25.3. The fourth-order valence-electron chi connectivity index (χ4n) is 2.38. The van der Waals surface area contributed by atoms with Crippen molar-refractivity contribution in [3.63, 3.8) is 0 Å². The Morgan fingerprint density at radius 1 is 1.13 bits per heavy atom. The highest BCUT2D eigenvalue weighted by Gasteiger charge is 2.26. The van der Waals surface area contributed by atoms with Crippen molar-refractivity contribution in [2.75, 3.05) is 11.1 Å². The molecule has 0 saturated heterocycles. The number of rotatable bonds is 2. The summed E-state index contributed by atoms with van der Waals surface area (Å²) >= 11 is 1.67. The lowest BCUT2D eigenvalue weighted by Crippen LogP contribution is -2.37. The molecule has 4 nitrogen and oxygen atoms in total. The van der Waals surface area contributed by atoms with Gasteiger partial charge in [-0.3, -0.25) is 9.59 Å². The predicted molar refractivity (Wildman–Crippen MR) is 91.1 cm³/mol. The van der Waals surface area contributed by atoms with E-state index in [1.165, 1.54) is 0 Å². The van der Waals surface area contributed by atoms with Crippen LogP contribution in [0.2, 0.25) is 0 Å². The number of carbonyl (C=O) groups excluding carboxylic acids is 2. The number of hydrogen-bond acceptors (Lipinski definition) is 3. The Morgan fingerprint density at radius 3 is 2.78 bits per heavy atom. The smallest absolute Gasteiger partial charge is 0.313 e. The van der Waals surface area contributed by atoms with E-state index >= 15 is 0 Å². The lowest BCUT2D eigenvalue weighted by Gasteiger charge is -2.13. The molecule has 0 radical (unpaired) electrons. The molecule has 0 aromatic heterocycles. The Kier molecular flexibility index (Phi) is 4.35. The van der Waals surface area contributed by atoms with Crippen LogP contribution in [0.15, 0.2) is 53.4 Å². The third kappa shape index (κ3) is 3.38. The summed E-state index contributed by atoms with van der Waals surface area (Å²) in [6.45, 7) is 0. The van der Waals surface area contributed by atoms with Crippen molar-refractivity contribution in [3.05, 3.63) is 59.7 Å². The molecule has 0 aliphatic carbocycles. The van der Waals surface area contributed by atoms with Gasteiger partial charge in [0.25, 0.3) is 0 Å². The molecule has 0 unspecified atom stereocenters. The summed E-state index contributed by atoms with van der Waals surface area (Å²) in [7, 11) is 0. The molecule has 5 heteroatoms. The van der Waals surface area contributed by atoms with E-state index in [9.17, 15) is 9.59 Å². The number of nitrogens with one attached hydrogen (secondary N) is 2. The first kappa shape index (κ1) is 15.2. The van der Waals surface area contributed by atoms with Crippen LogP contribution in [0, 0.1) is 12.3 Å². The van der Waals surface area contributed by atoms with Gasteiger partial charge in [0.15, 0.2) is 0 Å². The largest absolute Gasteiger partial charge is 0.340 e. The second kappa shape index (κ2) is 6.59. The Hall–Kier alpha value is -2.71. The molecule has 0 bridgehead atoms. The Bertz CT molecular complexity index is 811. The molecule has 2 N–H and O–H groups in total. The van der Waals surface area contributed by atoms with E-state index in [1.807, 2.05) is 24.3 Å². The highest BCUT2D eigenvalue weighted by Crippen LogP contribution is 2.37. The SMILES string of the molecule is C#Cc1cccc(NC(=O)C(=O)N[C@@H]2CSc3ccccc32)c1. The molecule has 3 rings (SSSR count). The molecule has 114 valence electrons. The van der Waals surface area contributed by atoms with Crippen molar-refractivity contribution in [2.24, 2.45) is 0 Å². The first-order valence-electron chi connectivity index (χ1n) is 7.07. The molecule has 23 heavy (non-hydrogen) atoms. The highest BCUT2D eigenvalue weighted by molar-refractivity contribution is 7.99. The van der Waals surface area contributed by atoms with Crippen molar-refractivity contribution in [1.29, 1.82) is 0 Å². The topological polar surface area (TPSA) is 58.2 Å². The third-order valence-electron chi connectivity index (χ3n) is 3.50. The normalized spacial score (nSPS) is 15.3. The zero-order valence-electron chi connectivity index (χ0n) is 12.2. The lowest BCUT2D eigenvalue weighted by atomic mass is 10.1. The second-order valence-corrected chi connectivity index (χ2v) is 6.12. The fraction of sp³-hybridized carbons (Fsp3) is 0.111. The Morgan fingerprint density at radius 2 is 1.96 bits per heavy atom. The second-order valence-electron chi connectivity index (χ2n) is 5.05. The van der Waals surface area contributed by atoms with E-state index in [0.717, 1.165) is 16.2 Å². The third-order valence-corrected chi connectivity index (χ3v) is 4.68.